The fraction of sp³-hybridized carbons (Fsp3) is 0.471. The molecule has 1 aromatic rings. The Bertz CT molecular complexity index is 587. The maximum absolute atomic E-state index is 12.1. The van der Waals surface area contributed by atoms with Gasteiger partial charge in [0.1, 0.15) is 5.75 Å². The van der Waals surface area contributed by atoms with Crippen molar-refractivity contribution in [1.29, 1.82) is 10.5 Å². The number of hydrogen-bond acceptors (Lipinski definition) is 4. The standard InChI is InChI=1S/C17H20ClN3O2/c1-14-13-15(18)6-7-16(14)23-12-2-5-17(22)21(10-3-8-19)11-4-9-20/h6-7,13H,2-5,10-12H2,1H3. The van der Waals surface area contributed by atoms with Gasteiger partial charge in [-0.25, -0.2) is 0 Å². The van der Waals surface area contributed by atoms with Crippen molar-refractivity contribution in [2.75, 3.05) is 19.7 Å². The minimum atomic E-state index is -0.0491. The second kappa shape index (κ2) is 10.5. The third-order valence-electron chi connectivity index (χ3n) is 3.27. The molecule has 0 aliphatic rings. The zero-order valence-corrected chi connectivity index (χ0v) is 14.0. The summed E-state index contributed by atoms with van der Waals surface area (Å²) in [5, 5.41) is 17.9. The van der Waals surface area contributed by atoms with Crippen molar-refractivity contribution in [2.45, 2.75) is 32.6 Å². The highest BCUT2D eigenvalue weighted by molar-refractivity contribution is 6.30. The van der Waals surface area contributed by atoms with E-state index in [1.54, 1.807) is 11.0 Å². The number of amides is 1. The fourth-order valence-corrected chi connectivity index (χ4v) is 2.30. The van der Waals surface area contributed by atoms with Crippen LogP contribution in [-0.2, 0) is 4.79 Å². The van der Waals surface area contributed by atoms with Crippen LogP contribution in [0.3, 0.4) is 0 Å². The van der Waals surface area contributed by atoms with Crippen LogP contribution in [-0.4, -0.2) is 30.5 Å². The second-order valence-corrected chi connectivity index (χ2v) is 5.50. The van der Waals surface area contributed by atoms with Gasteiger partial charge in [0.25, 0.3) is 0 Å². The van der Waals surface area contributed by atoms with Gasteiger partial charge in [0.2, 0.25) is 5.91 Å². The molecule has 0 bridgehead atoms. The predicted octanol–water partition coefficient (Wildman–Crippen LogP) is 3.46. The number of carbonyl (C=O) groups excluding carboxylic acids is 1. The molecule has 1 amide bonds. The minimum Gasteiger partial charge on any atom is -0.493 e. The molecule has 5 nitrogen and oxygen atoms in total. The zero-order valence-electron chi connectivity index (χ0n) is 13.2. The lowest BCUT2D eigenvalue weighted by molar-refractivity contribution is -0.131. The van der Waals surface area contributed by atoms with E-state index in [0.29, 0.717) is 37.6 Å². The van der Waals surface area contributed by atoms with Gasteiger partial charge < -0.3 is 9.64 Å². The van der Waals surface area contributed by atoms with Crippen molar-refractivity contribution < 1.29 is 9.53 Å². The Morgan fingerprint density at radius 2 is 1.91 bits per heavy atom. The summed E-state index contributed by atoms with van der Waals surface area (Å²) in [7, 11) is 0. The molecule has 6 heteroatoms. The first-order valence-electron chi connectivity index (χ1n) is 7.49. The molecule has 0 aliphatic heterocycles. The number of rotatable bonds is 9. The SMILES string of the molecule is Cc1cc(Cl)ccc1OCCCC(=O)N(CCC#N)CCC#N. The Kier molecular flexibility index (Phi) is 8.57. The van der Waals surface area contributed by atoms with Crippen LogP contribution in [0.5, 0.6) is 5.75 Å². The van der Waals surface area contributed by atoms with Gasteiger partial charge >= 0.3 is 0 Å². The average molecular weight is 334 g/mol. The molecule has 23 heavy (non-hydrogen) atoms. The number of aryl methyl sites for hydroxylation is 1. The summed E-state index contributed by atoms with van der Waals surface area (Å²) in [4.78, 5) is 13.7. The van der Waals surface area contributed by atoms with Crippen LogP contribution in [0.15, 0.2) is 18.2 Å². The van der Waals surface area contributed by atoms with Gasteiger partial charge in [-0.15, -0.1) is 0 Å². The van der Waals surface area contributed by atoms with Gasteiger partial charge in [0.15, 0.2) is 0 Å². The number of carbonyl (C=O) groups is 1. The van der Waals surface area contributed by atoms with Gasteiger partial charge in [-0.1, -0.05) is 11.6 Å². The van der Waals surface area contributed by atoms with Crippen molar-refractivity contribution in [1.82, 2.24) is 4.90 Å². The molecule has 0 aromatic heterocycles. The van der Waals surface area contributed by atoms with Crippen LogP contribution in [0.25, 0.3) is 0 Å². The zero-order chi connectivity index (χ0) is 17.1. The molecule has 0 spiro atoms. The number of halogens is 1. The maximum atomic E-state index is 12.1. The predicted molar refractivity (Wildman–Crippen MR) is 88.0 cm³/mol. The molecule has 0 unspecified atom stereocenters. The lowest BCUT2D eigenvalue weighted by Crippen LogP contribution is -2.32. The largest absolute Gasteiger partial charge is 0.493 e. The van der Waals surface area contributed by atoms with Gasteiger partial charge in [-0.2, -0.15) is 10.5 Å². The van der Waals surface area contributed by atoms with Gasteiger partial charge in [0.05, 0.1) is 31.6 Å². The summed E-state index contributed by atoms with van der Waals surface area (Å²) in [5.41, 5.74) is 0.952. The maximum Gasteiger partial charge on any atom is 0.222 e. The lowest BCUT2D eigenvalue weighted by atomic mass is 10.2. The minimum absolute atomic E-state index is 0.0491. The molecular formula is C17H20ClN3O2. The van der Waals surface area contributed by atoms with Crippen LogP contribution >= 0.6 is 11.6 Å². The average Bonchev–Trinajstić information content (AvgIpc) is 2.53. The van der Waals surface area contributed by atoms with E-state index in [4.69, 9.17) is 26.9 Å². The molecule has 0 atom stereocenters. The van der Waals surface area contributed by atoms with Crippen LogP contribution in [0.4, 0.5) is 0 Å². The molecule has 0 saturated carbocycles. The van der Waals surface area contributed by atoms with E-state index in [9.17, 15) is 4.79 Å². The molecule has 0 saturated heterocycles. The Balaban J connectivity index is 2.38. The molecule has 122 valence electrons. The summed E-state index contributed by atoms with van der Waals surface area (Å²) in [6, 6.07) is 9.44. The summed E-state index contributed by atoms with van der Waals surface area (Å²) in [5.74, 6) is 0.708. The Morgan fingerprint density at radius 1 is 1.26 bits per heavy atom. The summed E-state index contributed by atoms with van der Waals surface area (Å²) >= 11 is 5.89. The van der Waals surface area contributed by atoms with Crippen LogP contribution in [0.2, 0.25) is 5.02 Å². The quantitative estimate of drug-likeness (QED) is 0.648. The molecule has 1 rings (SSSR count). The molecule has 0 heterocycles. The fourth-order valence-electron chi connectivity index (χ4n) is 2.07. The first kappa shape index (κ1) is 18.8. The van der Waals surface area contributed by atoms with Crippen LogP contribution in [0.1, 0.15) is 31.2 Å². The lowest BCUT2D eigenvalue weighted by Gasteiger charge is -2.20. The van der Waals surface area contributed by atoms with E-state index < -0.39 is 0 Å². The van der Waals surface area contributed by atoms with Crippen molar-refractivity contribution in [3.63, 3.8) is 0 Å². The van der Waals surface area contributed by atoms with Crippen molar-refractivity contribution >= 4 is 17.5 Å². The van der Waals surface area contributed by atoms with Crippen LogP contribution in [0, 0.1) is 29.6 Å². The highest BCUT2D eigenvalue weighted by Crippen LogP contribution is 2.21. The molecule has 0 fully saturated rings. The van der Waals surface area contributed by atoms with Gasteiger partial charge in [-0.05, 0) is 37.1 Å². The van der Waals surface area contributed by atoms with Crippen molar-refractivity contribution in [3.05, 3.63) is 28.8 Å². The topological polar surface area (TPSA) is 77.1 Å². The van der Waals surface area contributed by atoms with E-state index in [0.717, 1.165) is 11.3 Å². The highest BCUT2D eigenvalue weighted by Gasteiger charge is 2.12. The van der Waals surface area contributed by atoms with Crippen molar-refractivity contribution in [2.24, 2.45) is 0 Å². The van der Waals surface area contributed by atoms with E-state index in [-0.39, 0.29) is 18.7 Å². The first-order valence-corrected chi connectivity index (χ1v) is 7.87. The number of ether oxygens (including phenoxy) is 1. The Hall–Kier alpha value is -2.24. The molecular weight excluding hydrogens is 314 g/mol. The third kappa shape index (κ3) is 7.04. The van der Waals surface area contributed by atoms with E-state index in [1.807, 2.05) is 31.2 Å². The van der Waals surface area contributed by atoms with Gasteiger partial charge in [0, 0.05) is 24.5 Å². The van der Waals surface area contributed by atoms with E-state index in [2.05, 4.69) is 0 Å². The molecule has 0 radical (unpaired) electrons. The molecule has 0 aliphatic carbocycles. The second-order valence-electron chi connectivity index (χ2n) is 5.06. The normalized spacial score (nSPS) is 9.74. The molecule has 1 aromatic carbocycles. The Morgan fingerprint density at radius 3 is 2.48 bits per heavy atom. The number of benzene rings is 1. The van der Waals surface area contributed by atoms with Gasteiger partial charge in [-0.3, -0.25) is 4.79 Å². The third-order valence-corrected chi connectivity index (χ3v) is 3.50. The molecule has 0 N–H and O–H groups in total. The smallest absolute Gasteiger partial charge is 0.222 e. The summed E-state index contributed by atoms with van der Waals surface area (Å²) in [6.45, 7) is 3.08. The Labute approximate surface area is 142 Å². The number of nitrogens with zero attached hydrogens (tertiary/aromatic N) is 3. The summed E-state index contributed by atoms with van der Waals surface area (Å²) in [6.07, 6.45) is 1.47. The van der Waals surface area contributed by atoms with Crippen LogP contribution < -0.4 is 4.74 Å². The van der Waals surface area contributed by atoms with Crippen molar-refractivity contribution in [3.8, 4) is 17.9 Å². The summed E-state index contributed by atoms with van der Waals surface area (Å²) < 4.78 is 5.65. The number of hydrogen-bond donors (Lipinski definition) is 0. The first-order chi connectivity index (χ1) is 11.1. The number of nitriles is 2. The highest BCUT2D eigenvalue weighted by atomic mass is 35.5. The monoisotopic (exact) mass is 333 g/mol. The van der Waals surface area contributed by atoms with E-state index >= 15 is 0 Å². The van der Waals surface area contributed by atoms with E-state index in [1.165, 1.54) is 0 Å².